The third-order valence-corrected chi connectivity index (χ3v) is 7.81. The lowest BCUT2D eigenvalue weighted by atomic mass is 9.96. The maximum atomic E-state index is 14.8. The van der Waals surface area contributed by atoms with Gasteiger partial charge in [-0.1, -0.05) is 85.1 Å². The quantitative estimate of drug-likeness (QED) is 0.156. The Labute approximate surface area is 302 Å². The minimum absolute atomic E-state index is 0.0629. The maximum Gasteiger partial charge on any atom is 0.408 e. The number of phenolic OH excluding ortho intramolecular Hbond substituents is 1. The van der Waals surface area contributed by atoms with E-state index in [1.807, 2.05) is 69.3 Å². The molecule has 3 aromatic carbocycles. The second-order valence-corrected chi connectivity index (χ2v) is 15.1. The number of hydrogen-bond donors (Lipinski definition) is 3. The molecular weight excluding hydrogens is 646 g/mol. The molecule has 0 bridgehead atoms. The highest BCUT2D eigenvalue weighted by atomic mass is 16.6. The van der Waals surface area contributed by atoms with Crippen LogP contribution in [-0.4, -0.2) is 63.7 Å². The number of esters is 1. The lowest BCUT2D eigenvalue weighted by Crippen LogP contribution is -2.55. The number of aryl methyl sites for hydroxylation is 2. The van der Waals surface area contributed by atoms with Crippen molar-refractivity contribution in [2.75, 3.05) is 6.54 Å². The molecule has 0 aliphatic carbocycles. The molecule has 3 aromatic rings. The number of rotatable bonds is 14. The fourth-order valence-corrected chi connectivity index (χ4v) is 5.72. The summed E-state index contributed by atoms with van der Waals surface area (Å²) in [4.78, 5) is 57.8. The molecule has 3 amide bonds. The minimum Gasteiger partial charge on any atom is -0.508 e. The van der Waals surface area contributed by atoms with Crippen LogP contribution in [0, 0.1) is 13.8 Å². The number of aromatic hydroxyl groups is 1. The summed E-state index contributed by atoms with van der Waals surface area (Å²) in [5.74, 6) is -1.59. The van der Waals surface area contributed by atoms with Crippen LogP contribution in [0.4, 0.5) is 4.79 Å². The molecule has 0 spiro atoms. The van der Waals surface area contributed by atoms with Gasteiger partial charge in [0.25, 0.3) is 0 Å². The highest BCUT2D eigenvalue weighted by Gasteiger charge is 2.38. The van der Waals surface area contributed by atoms with E-state index in [0.29, 0.717) is 17.5 Å². The predicted molar refractivity (Wildman–Crippen MR) is 198 cm³/mol. The van der Waals surface area contributed by atoms with E-state index >= 15 is 0 Å². The summed E-state index contributed by atoms with van der Waals surface area (Å²) in [5, 5.41) is 15.6. The molecule has 51 heavy (non-hydrogen) atoms. The Morgan fingerprint density at radius 1 is 0.745 bits per heavy atom. The van der Waals surface area contributed by atoms with Crippen molar-refractivity contribution in [3.8, 4) is 5.75 Å². The zero-order valence-electron chi connectivity index (χ0n) is 31.5. The smallest absolute Gasteiger partial charge is 0.408 e. The maximum absolute atomic E-state index is 14.8. The van der Waals surface area contributed by atoms with E-state index in [1.54, 1.807) is 53.7 Å². The number of benzene rings is 3. The second kappa shape index (κ2) is 17.9. The molecule has 0 heterocycles. The van der Waals surface area contributed by atoms with Gasteiger partial charge in [0.1, 0.15) is 35.1 Å². The largest absolute Gasteiger partial charge is 0.508 e. The first-order valence-corrected chi connectivity index (χ1v) is 17.6. The second-order valence-electron chi connectivity index (χ2n) is 15.1. The van der Waals surface area contributed by atoms with Gasteiger partial charge in [0, 0.05) is 19.4 Å². The predicted octanol–water partition coefficient (Wildman–Crippen LogP) is 6.88. The molecule has 0 radical (unpaired) electrons. The van der Waals surface area contributed by atoms with Crippen molar-refractivity contribution in [1.29, 1.82) is 0 Å². The molecule has 3 unspecified atom stereocenters. The summed E-state index contributed by atoms with van der Waals surface area (Å²) in [5.41, 5.74) is 2.23. The van der Waals surface area contributed by atoms with Crippen LogP contribution in [0.2, 0.25) is 0 Å². The van der Waals surface area contributed by atoms with Crippen molar-refractivity contribution in [3.63, 3.8) is 0 Å². The molecule has 0 aliphatic rings. The molecule has 0 saturated heterocycles. The summed E-state index contributed by atoms with van der Waals surface area (Å²) in [6.45, 7) is 16.5. The fourth-order valence-electron chi connectivity index (χ4n) is 5.72. The number of nitrogens with one attached hydrogen (secondary N) is 2. The standard InChI is InChI=1S/C41H55N3O7/c1-10-11-21-44(37(47)33(43-39(49)51-41(7,8)9)25-30-17-19-32(45)20-18-30)35(31-23-27(2)22-28(3)24-31)36(46)42-34(38(48)50-40(4,5)6)26-29-15-13-12-14-16-29/h12-20,22-24,33-35,45H,10-11,21,25-26H2,1-9H3,(H,42,46)(H,43,49). The van der Waals surface area contributed by atoms with E-state index in [1.165, 1.54) is 17.0 Å². The number of alkyl carbamates (subject to hydrolysis) is 1. The Kier molecular flexibility index (Phi) is 14.2. The number of carbonyl (C=O) groups excluding carboxylic acids is 4. The zero-order valence-corrected chi connectivity index (χ0v) is 31.5. The highest BCUT2D eigenvalue weighted by Crippen LogP contribution is 2.27. The number of ether oxygens (including phenoxy) is 2. The molecule has 276 valence electrons. The van der Waals surface area contributed by atoms with Gasteiger partial charge in [-0.25, -0.2) is 9.59 Å². The van der Waals surface area contributed by atoms with Gasteiger partial charge in [-0.05, 0) is 90.6 Å². The van der Waals surface area contributed by atoms with E-state index in [0.717, 1.165) is 23.1 Å². The fraction of sp³-hybridized carbons (Fsp3) is 0.463. The third-order valence-electron chi connectivity index (χ3n) is 7.81. The molecule has 3 rings (SSSR count). The van der Waals surface area contributed by atoms with E-state index < -0.39 is 53.2 Å². The average Bonchev–Trinajstić information content (AvgIpc) is 3.01. The Hall–Kier alpha value is -4.86. The van der Waals surface area contributed by atoms with E-state index in [4.69, 9.17) is 9.47 Å². The van der Waals surface area contributed by atoms with Gasteiger partial charge in [-0.2, -0.15) is 0 Å². The Morgan fingerprint density at radius 3 is 1.84 bits per heavy atom. The minimum atomic E-state index is -1.16. The summed E-state index contributed by atoms with van der Waals surface area (Å²) in [6, 6.07) is 18.1. The monoisotopic (exact) mass is 701 g/mol. The van der Waals surface area contributed by atoms with Crippen molar-refractivity contribution in [2.45, 2.75) is 117 Å². The molecule has 0 fully saturated rings. The number of amides is 3. The number of nitrogens with zero attached hydrogens (tertiary/aromatic N) is 1. The zero-order chi connectivity index (χ0) is 37.9. The molecule has 10 heteroatoms. The number of unbranched alkanes of at least 4 members (excludes halogenated alkanes) is 1. The lowest BCUT2D eigenvalue weighted by Gasteiger charge is -2.35. The van der Waals surface area contributed by atoms with Gasteiger partial charge in [-0.3, -0.25) is 9.59 Å². The van der Waals surface area contributed by atoms with Crippen molar-refractivity contribution in [2.24, 2.45) is 0 Å². The van der Waals surface area contributed by atoms with Crippen LogP contribution in [0.15, 0.2) is 72.8 Å². The number of carbonyl (C=O) groups is 4. The molecule has 3 atom stereocenters. The third kappa shape index (κ3) is 13.4. The summed E-state index contributed by atoms with van der Waals surface area (Å²) >= 11 is 0. The van der Waals surface area contributed by atoms with Crippen LogP contribution in [-0.2, 0) is 36.7 Å². The molecule has 0 aliphatic heterocycles. The SMILES string of the molecule is CCCCN(C(=O)C(Cc1ccc(O)cc1)NC(=O)OC(C)(C)C)C(C(=O)NC(Cc1ccccc1)C(=O)OC(C)(C)C)c1cc(C)cc(C)c1. The van der Waals surface area contributed by atoms with Crippen molar-refractivity contribution in [1.82, 2.24) is 15.5 Å². The topological polar surface area (TPSA) is 134 Å². The van der Waals surface area contributed by atoms with E-state index in [2.05, 4.69) is 10.6 Å². The summed E-state index contributed by atoms with van der Waals surface area (Å²) in [7, 11) is 0. The molecule has 10 nitrogen and oxygen atoms in total. The van der Waals surface area contributed by atoms with Crippen LogP contribution in [0.3, 0.4) is 0 Å². The van der Waals surface area contributed by atoms with Gasteiger partial charge in [0.15, 0.2) is 0 Å². The van der Waals surface area contributed by atoms with Crippen molar-refractivity contribution in [3.05, 3.63) is 101 Å². The van der Waals surface area contributed by atoms with Gasteiger partial charge in [-0.15, -0.1) is 0 Å². The first-order chi connectivity index (χ1) is 23.8. The van der Waals surface area contributed by atoms with Gasteiger partial charge >= 0.3 is 12.1 Å². The Morgan fingerprint density at radius 2 is 1.29 bits per heavy atom. The van der Waals surface area contributed by atoms with Crippen LogP contribution >= 0.6 is 0 Å². The molecule has 3 N–H and O–H groups in total. The van der Waals surface area contributed by atoms with E-state index in [-0.39, 0.29) is 25.1 Å². The highest BCUT2D eigenvalue weighted by molar-refractivity contribution is 5.94. The van der Waals surface area contributed by atoms with Gasteiger partial charge in [0.05, 0.1) is 0 Å². The molecular formula is C41H55N3O7. The Bertz CT molecular complexity index is 1610. The van der Waals surface area contributed by atoms with Crippen LogP contribution < -0.4 is 10.6 Å². The van der Waals surface area contributed by atoms with Crippen molar-refractivity contribution >= 4 is 23.9 Å². The first kappa shape index (κ1) is 40.6. The van der Waals surface area contributed by atoms with Crippen molar-refractivity contribution < 1.29 is 33.8 Å². The number of hydrogen-bond acceptors (Lipinski definition) is 7. The molecule has 0 saturated carbocycles. The lowest BCUT2D eigenvalue weighted by molar-refractivity contribution is -0.159. The van der Waals surface area contributed by atoms with Gasteiger partial charge in [0.2, 0.25) is 11.8 Å². The van der Waals surface area contributed by atoms with Crippen LogP contribution in [0.25, 0.3) is 0 Å². The van der Waals surface area contributed by atoms with Crippen LogP contribution in [0.1, 0.15) is 95.2 Å². The summed E-state index contributed by atoms with van der Waals surface area (Å²) in [6.07, 6.45) is 0.750. The number of phenols is 1. The Balaban J connectivity index is 2.14. The van der Waals surface area contributed by atoms with E-state index in [9.17, 15) is 24.3 Å². The normalized spacial score (nSPS) is 13.4. The molecule has 0 aromatic heterocycles. The average molecular weight is 702 g/mol. The van der Waals surface area contributed by atoms with Crippen LogP contribution in [0.5, 0.6) is 5.75 Å². The summed E-state index contributed by atoms with van der Waals surface area (Å²) < 4.78 is 11.3. The van der Waals surface area contributed by atoms with Gasteiger partial charge < -0.3 is 30.1 Å². The first-order valence-electron chi connectivity index (χ1n) is 17.6.